The van der Waals surface area contributed by atoms with Crippen LogP contribution in [0.4, 0.5) is 5.00 Å². The zero-order valence-corrected chi connectivity index (χ0v) is 20.4. The van der Waals surface area contributed by atoms with Crippen molar-refractivity contribution in [1.29, 1.82) is 5.26 Å². The van der Waals surface area contributed by atoms with Crippen molar-refractivity contribution in [2.75, 3.05) is 18.6 Å². The molecule has 1 amide bonds. The number of nitrogens with zero attached hydrogens (tertiary/aromatic N) is 5. The number of carbonyl (C=O) groups is 1. The van der Waals surface area contributed by atoms with Gasteiger partial charge in [-0.15, -0.1) is 4.80 Å². The summed E-state index contributed by atoms with van der Waals surface area (Å²) in [4.78, 5) is 16.4. The molecule has 2 aromatic heterocycles. The average molecular weight is 464 g/mol. The summed E-state index contributed by atoms with van der Waals surface area (Å²) in [5.41, 5.74) is 3.84. The van der Waals surface area contributed by atoms with Gasteiger partial charge in [-0.3, -0.25) is 4.79 Å². The van der Waals surface area contributed by atoms with Crippen molar-refractivity contribution in [2.24, 2.45) is 0 Å². The van der Waals surface area contributed by atoms with E-state index in [0.29, 0.717) is 13.0 Å². The first-order valence-corrected chi connectivity index (χ1v) is 11.6. The number of thiophene rings is 1. The summed E-state index contributed by atoms with van der Waals surface area (Å²) in [6.07, 6.45) is 5.24. The highest BCUT2D eigenvalue weighted by molar-refractivity contribution is 7.19. The molecule has 3 aromatic rings. The van der Waals surface area contributed by atoms with Crippen LogP contribution >= 0.6 is 11.3 Å². The predicted molar refractivity (Wildman–Crippen MR) is 132 cm³/mol. The minimum atomic E-state index is -0.0566. The van der Waals surface area contributed by atoms with Crippen LogP contribution in [0.15, 0.2) is 43.2 Å². The number of hydrogen-bond acceptors (Lipinski definition) is 6. The maximum absolute atomic E-state index is 13.0. The number of hydrogen-bond donors (Lipinski definition) is 0. The van der Waals surface area contributed by atoms with Gasteiger partial charge in [0.1, 0.15) is 15.8 Å². The van der Waals surface area contributed by atoms with Crippen molar-refractivity contribution in [3.63, 3.8) is 0 Å². The highest BCUT2D eigenvalue weighted by Crippen LogP contribution is 2.42. The van der Waals surface area contributed by atoms with Crippen LogP contribution in [0.2, 0.25) is 0 Å². The molecule has 0 unspecified atom stereocenters. The smallest absolute Gasteiger partial charge is 0.224 e. The molecule has 33 heavy (non-hydrogen) atoms. The van der Waals surface area contributed by atoms with Crippen LogP contribution in [0, 0.1) is 18.3 Å². The molecule has 0 spiro atoms. The lowest BCUT2D eigenvalue weighted by molar-refractivity contribution is -0.116. The first-order chi connectivity index (χ1) is 15.9. The molecule has 1 aromatic carbocycles. The van der Waals surface area contributed by atoms with Gasteiger partial charge < -0.3 is 9.64 Å². The Hall–Kier alpha value is -3.44. The van der Waals surface area contributed by atoms with E-state index in [1.807, 2.05) is 43.0 Å². The molecule has 0 saturated heterocycles. The number of aromatic nitrogens is 3. The SMILES string of the molecule is C=C(C)c1c(N(C[C@H](CCCC#N)c2ccccc2OC)C(C)=O)sc(-n2nccn2)c1C. The second-order valence-electron chi connectivity index (χ2n) is 7.93. The summed E-state index contributed by atoms with van der Waals surface area (Å²) >= 11 is 1.48. The molecule has 1 atom stereocenters. The van der Waals surface area contributed by atoms with Crippen molar-refractivity contribution in [1.82, 2.24) is 15.0 Å². The summed E-state index contributed by atoms with van der Waals surface area (Å²) in [6.45, 7) is 10.2. The number of anilines is 1. The number of unbranched alkanes of at least 4 members (excludes halogenated alkanes) is 1. The number of allylic oxidation sites excluding steroid dienone is 1. The van der Waals surface area contributed by atoms with Crippen molar-refractivity contribution in [3.8, 4) is 16.8 Å². The largest absolute Gasteiger partial charge is 0.496 e. The quantitative estimate of drug-likeness (QED) is 0.370. The average Bonchev–Trinajstić information content (AvgIpc) is 3.43. The molecular formula is C25H29N5O2S. The molecule has 0 radical (unpaired) electrons. The van der Waals surface area contributed by atoms with Crippen LogP contribution in [0.3, 0.4) is 0 Å². The molecule has 3 rings (SSSR count). The lowest BCUT2D eigenvalue weighted by Gasteiger charge is -2.28. The van der Waals surface area contributed by atoms with E-state index in [0.717, 1.165) is 50.9 Å². The minimum Gasteiger partial charge on any atom is -0.496 e. The summed E-state index contributed by atoms with van der Waals surface area (Å²) in [6, 6.07) is 10.1. The predicted octanol–water partition coefficient (Wildman–Crippen LogP) is 5.51. The van der Waals surface area contributed by atoms with Crippen LogP contribution in [0.1, 0.15) is 55.7 Å². The second-order valence-corrected chi connectivity index (χ2v) is 8.91. The molecule has 2 heterocycles. The number of ether oxygens (including phenoxy) is 1. The molecule has 0 bridgehead atoms. The molecule has 0 aliphatic carbocycles. The summed E-state index contributed by atoms with van der Waals surface area (Å²) in [5.74, 6) is 0.732. The fourth-order valence-corrected chi connectivity index (χ4v) is 5.40. The van der Waals surface area contributed by atoms with E-state index in [9.17, 15) is 4.79 Å². The van der Waals surface area contributed by atoms with Crippen LogP contribution in [0.5, 0.6) is 5.75 Å². The number of rotatable bonds is 10. The Morgan fingerprint density at radius 2 is 2.00 bits per heavy atom. The van der Waals surface area contributed by atoms with Gasteiger partial charge in [0.15, 0.2) is 0 Å². The maximum atomic E-state index is 13.0. The molecule has 0 aliphatic rings. The third-order valence-electron chi connectivity index (χ3n) is 5.58. The fourth-order valence-electron chi connectivity index (χ4n) is 4.04. The Bertz CT molecular complexity index is 1160. The van der Waals surface area contributed by atoms with Gasteiger partial charge in [-0.05, 0) is 49.5 Å². The van der Waals surface area contributed by atoms with Gasteiger partial charge in [0, 0.05) is 31.4 Å². The first-order valence-electron chi connectivity index (χ1n) is 10.8. The van der Waals surface area contributed by atoms with Crippen molar-refractivity contribution >= 4 is 27.8 Å². The number of benzene rings is 1. The van der Waals surface area contributed by atoms with Gasteiger partial charge >= 0.3 is 0 Å². The van der Waals surface area contributed by atoms with E-state index < -0.39 is 0 Å². The molecule has 0 saturated carbocycles. The zero-order valence-electron chi connectivity index (χ0n) is 19.5. The van der Waals surface area contributed by atoms with Crippen molar-refractivity contribution < 1.29 is 9.53 Å². The van der Waals surface area contributed by atoms with E-state index >= 15 is 0 Å². The Morgan fingerprint density at radius 3 is 2.61 bits per heavy atom. The molecule has 0 N–H and O–H groups in total. The third kappa shape index (κ3) is 5.32. The van der Waals surface area contributed by atoms with E-state index in [4.69, 9.17) is 10.00 Å². The lowest BCUT2D eigenvalue weighted by atomic mass is 9.92. The molecule has 0 aliphatic heterocycles. The van der Waals surface area contributed by atoms with Gasteiger partial charge in [0.2, 0.25) is 5.91 Å². The number of nitriles is 1. The zero-order chi connectivity index (χ0) is 24.0. The number of para-hydroxylation sites is 1. The highest BCUT2D eigenvalue weighted by atomic mass is 32.1. The highest BCUT2D eigenvalue weighted by Gasteiger charge is 2.28. The third-order valence-corrected chi connectivity index (χ3v) is 6.86. The van der Waals surface area contributed by atoms with Crippen LogP contribution < -0.4 is 9.64 Å². The molecule has 172 valence electrons. The number of amides is 1. The van der Waals surface area contributed by atoms with Crippen LogP contribution in [-0.2, 0) is 4.79 Å². The number of methoxy groups -OCH3 is 1. The van der Waals surface area contributed by atoms with Crippen molar-refractivity contribution in [3.05, 3.63) is 59.9 Å². The Labute approximate surface area is 198 Å². The van der Waals surface area contributed by atoms with E-state index in [-0.39, 0.29) is 11.8 Å². The van der Waals surface area contributed by atoms with E-state index in [2.05, 4.69) is 22.8 Å². The van der Waals surface area contributed by atoms with Gasteiger partial charge in [-0.1, -0.05) is 36.1 Å². The van der Waals surface area contributed by atoms with E-state index in [1.54, 1.807) is 31.2 Å². The van der Waals surface area contributed by atoms with E-state index in [1.165, 1.54) is 11.3 Å². The molecule has 8 heteroatoms. The number of carbonyl (C=O) groups excluding carboxylic acids is 1. The van der Waals surface area contributed by atoms with Crippen molar-refractivity contribution in [2.45, 2.75) is 46.0 Å². The summed E-state index contributed by atoms with van der Waals surface area (Å²) in [7, 11) is 1.65. The molecule has 7 nitrogen and oxygen atoms in total. The van der Waals surface area contributed by atoms with Crippen LogP contribution in [-0.4, -0.2) is 34.6 Å². The minimum absolute atomic E-state index is 0.00468. The maximum Gasteiger partial charge on any atom is 0.224 e. The molecular weight excluding hydrogens is 434 g/mol. The summed E-state index contributed by atoms with van der Waals surface area (Å²) < 4.78 is 5.61. The Balaban J connectivity index is 2.07. The Kier molecular flexibility index (Phi) is 8.01. The van der Waals surface area contributed by atoms with Gasteiger partial charge in [0.05, 0.1) is 25.6 Å². The Morgan fingerprint density at radius 1 is 1.30 bits per heavy atom. The standard InChI is InChI=1S/C25H29N5O2S/c1-17(2)23-18(3)24(30-27-14-15-28-30)33-25(23)29(19(4)31)16-20(10-8-9-13-26)21-11-6-7-12-22(21)32-5/h6-7,11-12,14-15,20H,1,8-10,16H2,2-5H3/t20-/m0/s1. The topological polar surface area (TPSA) is 84.0 Å². The fraction of sp³-hybridized carbons (Fsp3) is 0.360. The monoisotopic (exact) mass is 463 g/mol. The second kappa shape index (κ2) is 10.9. The lowest BCUT2D eigenvalue weighted by Crippen LogP contribution is -2.33. The summed E-state index contributed by atoms with van der Waals surface area (Å²) in [5, 5.41) is 19.3. The first kappa shape index (κ1) is 24.2. The normalized spacial score (nSPS) is 11.6. The van der Waals surface area contributed by atoms with Gasteiger partial charge in [-0.2, -0.15) is 15.5 Å². The van der Waals surface area contributed by atoms with Crippen LogP contribution in [0.25, 0.3) is 10.6 Å². The molecule has 0 fully saturated rings. The van der Waals surface area contributed by atoms with Gasteiger partial charge in [-0.25, -0.2) is 0 Å². The van der Waals surface area contributed by atoms with Gasteiger partial charge in [0.25, 0.3) is 0 Å².